The van der Waals surface area contributed by atoms with Gasteiger partial charge in [-0.3, -0.25) is 9.67 Å². The van der Waals surface area contributed by atoms with Crippen molar-refractivity contribution >= 4 is 21.6 Å². The Bertz CT molecular complexity index is 1720. The van der Waals surface area contributed by atoms with E-state index in [2.05, 4.69) is 44.5 Å². The molecule has 0 bridgehead atoms. The molecule has 4 aromatic rings. The molecule has 0 radical (unpaired) electrons. The highest BCUT2D eigenvalue weighted by molar-refractivity contribution is 7.90. The monoisotopic (exact) mass is 600 g/mol. The minimum absolute atomic E-state index is 0.0264. The van der Waals surface area contributed by atoms with Crippen LogP contribution < -0.4 is 10.6 Å². The molecule has 1 fully saturated rings. The van der Waals surface area contributed by atoms with Crippen LogP contribution in [0.15, 0.2) is 84.1 Å². The lowest BCUT2D eigenvalue weighted by molar-refractivity contribution is 0.212. The van der Waals surface area contributed by atoms with Gasteiger partial charge in [0.1, 0.15) is 5.82 Å². The van der Waals surface area contributed by atoms with E-state index in [0.29, 0.717) is 29.9 Å². The predicted molar refractivity (Wildman–Crippen MR) is 163 cm³/mol. The molecule has 2 aromatic heterocycles. The maximum absolute atomic E-state index is 13.6. The van der Waals surface area contributed by atoms with Crippen LogP contribution in [0.4, 0.5) is 14.9 Å². The quantitative estimate of drug-likeness (QED) is 0.290. The molecule has 1 aliphatic heterocycles. The first-order valence-electron chi connectivity index (χ1n) is 14.1. The molecular weight excluding hydrogens is 567 g/mol. The Balaban J connectivity index is 1.34. The summed E-state index contributed by atoms with van der Waals surface area (Å²) >= 11 is 0. The van der Waals surface area contributed by atoms with Gasteiger partial charge in [-0.25, -0.2) is 17.6 Å². The summed E-state index contributed by atoms with van der Waals surface area (Å²) in [4.78, 5) is 18.9. The number of pyridine rings is 1. The van der Waals surface area contributed by atoms with Crippen molar-refractivity contribution in [2.45, 2.75) is 36.0 Å². The number of aromatic nitrogens is 3. The maximum Gasteiger partial charge on any atom is 0.319 e. The molecule has 2 aromatic carbocycles. The van der Waals surface area contributed by atoms with E-state index in [1.807, 2.05) is 23.0 Å². The lowest BCUT2D eigenvalue weighted by Crippen LogP contribution is -2.31. The third-order valence-corrected chi connectivity index (χ3v) is 8.95. The number of nitrogens with zero attached hydrogens (tertiary/aromatic N) is 4. The van der Waals surface area contributed by atoms with Gasteiger partial charge in [-0.1, -0.05) is 17.9 Å². The molecule has 43 heavy (non-hydrogen) atoms. The van der Waals surface area contributed by atoms with E-state index in [0.717, 1.165) is 31.5 Å². The van der Waals surface area contributed by atoms with Crippen LogP contribution in [0.25, 0.3) is 0 Å². The summed E-state index contributed by atoms with van der Waals surface area (Å²) in [7, 11) is -1.76. The molecule has 0 unspecified atom stereocenters. The number of anilines is 1. The number of hydrogen-bond acceptors (Lipinski definition) is 6. The Morgan fingerprint density at radius 1 is 1.07 bits per heavy atom. The van der Waals surface area contributed by atoms with Gasteiger partial charge >= 0.3 is 6.03 Å². The second-order valence-corrected chi connectivity index (χ2v) is 12.5. The molecule has 0 spiro atoms. The van der Waals surface area contributed by atoms with E-state index in [9.17, 15) is 17.6 Å². The first-order valence-corrected chi connectivity index (χ1v) is 15.7. The van der Waals surface area contributed by atoms with Crippen LogP contribution in [-0.2, 0) is 22.0 Å². The fraction of sp³-hybridized carbons (Fsp3) is 0.281. The Kier molecular flexibility index (Phi) is 9.49. The van der Waals surface area contributed by atoms with E-state index < -0.39 is 21.7 Å². The van der Waals surface area contributed by atoms with Gasteiger partial charge in [0.2, 0.25) is 0 Å². The number of likely N-dealkylation sites (tertiary alicyclic amines) is 1. The Hall–Kier alpha value is -4.53. The molecule has 2 N–H and O–H groups in total. The summed E-state index contributed by atoms with van der Waals surface area (Å²) in [6, 6.07) is 15.4. The van der Waals surface area contributed by atoms with E-state index in [-0.39, 0.29) is 22.3 Å². The van der Waals surface area contributed by atoms with Crippen LogP contribution >= 0.6 is 0 Å². The third kappa shape index (κ3) is 8.28. The summed E-state index contributed by atoms with van der Waals surface area (Å²) in [5.74, 6) is 5.14. The number of urea groups is 1. The highest BCUT2D eigenvalue weighted by Gasteiger charge is 2.23. The van der Waals surface area contributed by atoms with Crippen LogP contribution in [0.2, 0.25) is 0 Å². The standard InChI is InChI=1S/C32H33FN6O3S/c1-38-18-14-30(15-19-38)39-20-13-29(37-39)23-43(41,42)31-11-10-28(21-26(31)7-4-24-5-8-27(33)9-6-24)36-32(40)35-17-12-25-3-2-16-34-22-25/h2-3,5-6,8-11,13,16,20-22,30H,12,14-15,17-19,23H2,1H3,(H2,35,36,40). The molecule has 2 amide bonds. The number of rotatable bonds is 8. The molecule has 0 saturated carbocycles. The fourth-order valence-corrected chi connectivity index (χ4v) is 6.30. The van der Waals surface area contributed by atoms with Crippen molar-refractivity contribution in [3.8, 4) is 11.8 Å². The molecule has 11 heteroatoms. The number of carbonyl (C=O) groups excluding carboxylic acids is 1. The normalized spacial score (nSPS) is 14.1. The van der Waals surface area contributed by atoms with Crippen molar-refractivity contribution in [3.05, 3.63) is 107 Å². The summed E-state index contributed by atoms with van der Waals surface area (Å²) in [6.07, 6.45) is 7.80. The van der Waals surface area contributed by atoms with E-state index >= 15 is 0 Å². The van der Waals surface area contributed by atoms with Crippen LogP contribution in [-0.4, -0.2) is 60.8 Å². The topological polar surface area (TPSA) is 109 Å². The van der Waals surface area contributed by atoms with Gasteiger partial charge in [0.15, 0.2) is 9.84 Å². The smallest absolute Gasteiger partial charge is 0.319 e. The van der Waals surface area contributed by atoms with Gasteiger partial charge in [0.25, 0.3) is 0 Å². The van der Waals surface area contributed by atoms with Gasteiger partial charge < -0.3 is 15.5 Å². The molecule has 1 aliphatic rings. The Morgan fingerprint density at radius 2 is 1.86 bits per heavy atom. The SMILES string of the molecule is CN1CCC(n2ccc(CS(=O)(=O)c3ccc(NC(=O)NCCc4cccnc4)cc3C#Cc3ccc(F)cc3)n2)CC1. The fourth-order valence-electron chi connectivity index (χ4n) is 4.88. The van der Waals surface area contributed by atoms with Crippen LogP contribution in [0, 0.1) is 17.7 Å². The van der Waals surface area contributed by atoms with Crippen molar-refractivity contribution < 1.29 is 17.6 Å². The zero-order valence-corrected chi connectivity index (χ0v) is 24.6. The minimum Gasteiger partial charge on any atom is -0.338 e. The highest BCUT2D eigenvalue weighted by atomic mass is 32.2. The average molecular weight is 601 g/mol. The van der Waals surface area contributed by atoms with Crippen molar-refractivity contribution in [3.63, 3.8) is 0 Å². The maximum atomic E-state index is 13.6. The van der Waals surface area contributed by atoms with Crippen LogP contribution in [0.3, 0.4) is 0 Å². The number of nitrogens with one attached hydrogen (secondary N) is 2. The van der Waals surface area contributed by atoms with E-state index in [1.54, 1.807) is 18.5 Å². The first kappa shape index (κ1) is 29.9. The predicted octanol–water partition coefficient (Wildman–Crippen LogP) is 4.42. The lowest BCUT2D eigenvalue weighted by atomic mass is 10.1. The van der Waals surface area contributed by atoms with Gasteiger partial charge in [-0.15, -0.1) is 0 Å². The average Bonchev–Trinajstić information content (AvgIpc) is 3.45. The molecular formula is C32H33FN6O3S. The lowest BCUT2D eigenvalue weighted by Gasteiger charge is -2.29. The second-order valence-electron chi connectivity index (χ2n) is 10.5. The molecule has 0 atom stereocenters. The Labute approximate surface area is 251 Å². The van der Waals surface area contributed by atoms with Crippen molar-refractivity contribution in [1.82, 2.24) is 25.0 Å². The second kappa shape index (κ2) is 13.6. The molecule has 9 nitrogen and oxygen atoms in total. The molecule has 222 valence electrons. The number of hydrogen-bond donors (Lipinski definition) is 2. The number of sulfone groups is 1. The number of carbonyl (C=O) groups is 1. The van der Waals surface area contributed by atoms with Crippen LogP contribution in [0.5, 0.6) is 0 Å². The molecule has 5 rings (SSSR count). The molecule has 3 heterocycles. The molecule has 0 aliphatic carbocycles. The van der Waals surface area contributed by atoms with Crippen molar-refractivity contribution in [2.75, 3.05) is 32.0 Å². The van der Waals surface area contributed by atoms with Gasteiger partial charge in [0, 0.05) is 41.9 Å². The summed E-state index contributed by atoms with van der Waals surface area (Å²) in [5.41, 5.74) is 2.56. The van der Waals surface area contributed by atoms with Gasteiger partial charge in [0.05, 0.1) is 22.4 Å². The van der Waals surface area contributed by atoms with E-state index in [1.165, 1.54) is 42.5 Å². The largest absolute Gasteiger partial charge is 0.338 e. The first-order chi connectivity index (χ1) is 20.7. The highest BCUT2D eigenvalue weighted by Crippen LogP contribution is 2.25. The zero-order chi connectivity index (χ0) is 30.2. The van der Waals surface area contributed by atoms with Crippen molar-refractivity contribution in [1.29, 1.82) is 0 Å². The van der Waals surface area contributed by atoms with Crippen molar-refractivity contribution in [2.24, 2.45) is 0 Å². The van der Waals surface area contributed by atoms with E-state index in [4.69, 9.17) is 0 Å². The number of halogens is 1. The number of benzene rings is 2. The molecule has 1 saturated heterocycles. The summed E-state index contributed by atoms with van der Waals surface area (Å²) in [5, 5.41) is 10.1. The summed E-state index contributed by atoms with van der Waals surface area (Å²) in [6.45, 7) is 2.33. The van der Waals surface area contributed by atoms with Gasteiger partial charge in [-0.05, 0) is 99.6 Å². The third-order valence-electron chi connectivity index (χ3n) is 7.24. The van der Waals surface area contributed by atoms with Crippen LogP contribution in [0.1, 0.15) is 41.3 Å². The minimum atomic E-state index is -3.85. The summed E-state index contributed by atoms with van der Waals surface area (Å²) < 4.78 is 42.5. The zero-order valence-electron chi connectivity index (χ0n) is 23.8. The Morgan fingerprint density at radius 3 is 2.60 bits per heavy atom. The number of piperidine rings is 1. The van der Waals surface area contributed by atoms with Gasteiger partial charge in [-0.2, -0.15) is 5.10 Å². The number of amides is 2.